The zero-order valence-corrected chi connectivity index (χ0v) is 10.5. The van der Waals surface area contributed by atoms with Crippen molar-refractivity contribution in [2.45, 2.75) is 46.3 Å². The molecule has 4 heteroatoms. The van der Waals surface area contributed by atoms with Gasteiger partial charge in [-0.15, -0.1) is 0 Å². The van der Waals surface area contributed by atoms with Crippen LogP contribution in [0.1, 0.15) is 32.2 Å². The molecule has 0 spiro atoms. The lowest BCUT2D eigenvalue weighted by atomic mass is 10.1. The fourth-order valence-electron chi connectivity index (χ4n) is 1.56. The van der Waals surface area contributed by atoms with E-state index in [4.69, 9.17) is 4.74 Å². The van der Waals surface area contributed by atoms with E-state index in [0.29, 0.717) is 6.42 Å². The Morgan fingerprint density at radius 3 is 2.75 bits per heavy atom. The second kappa shape index (κ2) is 5.80. The summed E-state index contributed by atoms with van der Waals surface area (Å²) >= 11 is 0. The normalized spacial score (nSPS) is 12.8. The Bertz CT molecular complexity index is 358. The zero-order valence-electron chi connectivity index (χ0n) is 10.5. The van der Waals surface area contributed by atoms with Crippen molar-refractivity contribution in [1.29, 1.82) is 0 Å². The van der Waals surface area contributed by atoms with E-state index in [0.717, 1.165) is 24.4 Å². The lowest BCUT2D eigenvalue weighted by molar-refractivity contribution is -0.127. The lowest BCUT2D eigenvalue weighted by Crippen LogP contribution is -2.22. The number of Topliss-reactive ketones (excluding diaryl/α,β-unsaturated/α-hetero) is 1. The summed E-state index contributed by atoms with van der Waals surface area (Å²) in [4.78, 5) is 11.7. The summed E-state index contributed by atoms with van der Waals surface area (Å²) in [6, 6.07) is 2.00. The maximum absolute atomic E-state index is 11.7. The van der Waals surface area contributed by atoms with Crippen LogP contribution < -0.4 is 0 Å². The van der Waals surface area contributed by atoms with Gasteiger partial charge >= 0.3 is 0 Å². The van der Waals surface area contributed by atoms with E-state index >= 15 is 0 Å². The molecule has 0 saturated heterocycles. The molecule has 0 aliphatic carbocycles. The van der Waals surface area contributed by atoms with Gasteiger partial charge in [-0.1, -0.05) is 6.92 Å². The third-order valence-corrected chi connectivity index (χ3v) is 2.74. The highest BCUT2D eigenvalue weighted by molar-refractivity contribution is 5.84. The molecular weight excluding hydrogens is 204 g/mol. The van der Waals surface area contributed by atoms with Gasteiger partial charge in [-0.2, -0.15) is 5.10 Å². The number of hydrogen-bond donors (Lipinski definition) is 0. The molecule has 0 saturated carbocycles. The molecule has 0 aliphatic heterocycles. The van der Waals surface area contributed by atoms with Gasteiger partial charge in [0, 0.05) is 19.3 Å². The molecule has 90 valence electrons. The monoisotopic (exact) mass is 224 g/mol. The molecule has 4 nitrogen and oxygen atoms in total. The molecule has 0 aliphatic rings. The van der Waals surface area contributed by atoms with Gasteiger partial charge in [0.25, 0.3) is 0 Å². The van der Waals surface area contributed by atoms with E-state index < -0.39 is 0 Å². The number of aryl methyl sites for hydroxylation is 2. The quantitative estimate of drug-likeness (QED) is 0.737. The van der Waals surface area contributed by atoms with Crippen LogP contribution in [-0.2, 0) is 28.9 Å². The van der Waals surface area contributed by atoms with E-state index in [-0.39, 0.29) is 11.9 Å². The predicted molar refractivity (Wildman–Crippen MR) is 62.5 cm³/mol. The standard InChI is InChI=1S/C12H20N2O2/c1-5-10-7-11(14(6-2)13-10)8-12(15)9(3)16-4/h7,9H,5-6,8H2,1-4H3. The van der Waals surface area contributed by atoms with E-state index in [2.05, 4.69) is 12.0 Å². The first-order valence-corrected chi connectivity index (χ1v) is 5.73. The fourth-order valence-corrected chi connectivity index (χ4v) is 1.56. The highest BCUT2D eigenvalue weighted by Crippen LogP contribution is 2.08. The topological polar surface area (TPSA) is 44.1 Å². The van der Waals surface area contributed by atoms with Crippen molar-refractivity contribution in [1.82, 2.24) is 9.78 Å². The molecule has 1 aromatic rings. The number of rotatable bonds is 6. The Hall–Kier alpha value is -1.16. The second-order valence-electron chi connectivity index (χ2n) is 3.82. The van der Waals surface area contributed by atoms with Crippen molar-refractivity contribution < 1.29 is 9.53 Å². The zero-order chi connectivity index (χ0) is 12.1. The number of nitrogens with zero attached hydrogens (tertiary/aromatic N) is 2. The van der Waals surface area contributed by atoms with Gasteiger partial charge in [0.2, 0.25) is 0 Å². The largest absolute Gasteiger partial charge is 0.374 e. The van der Waals surface area contributed by atoms with Crippen molar-refractivity contribution in [3.8, 4) is 0 Å². The lowest BCUT2D eigenvalue weighted by Gasteiger charge is -2.08. The average molecular weight is 224 g/mol. The summed E-state index contributed by atoms with van der Waals surface area (Å²) in [5.74, 6) is 0.0970. The van der Waals surface area contributed by atoms with Crippen molar-refractivity contribution in [3.05, 3.63) is 17.5 Å². The number of methoxy groups -OCH3 is 1. The van der Waals surface area contributed by atoms with Gasteiger partial charge in [0.1, 0.15) is 6.10 Å². The molecule has 0 N–H and O–H groups in total. The summed E-state index contributed by atoms with van der Waals surface area (Å²) in [5, 5.41) is 4.41. The number of hydrogen-bond acceptors (Lipinski definition) is 3. The summed E-state index contributed by atoms with van der Waals surface area (Å²) in [6.07, 6.45) is 0.953. The van der Waals surface area contributed by atoms with Gasteiger partial charge in [-0.05, 0) is 26.3 Å². The maximum Gasteiger partial charge on any atom is 0.167 e. The SMILES string of the molecule is CCc1cc(CC(=O)C(C)OC)n(CC)n1. The first-order valence-electron chi connectivity index (χ1n) is 5.73. The molecule has 1 rings (SSSR count). The first-order chi connectivity index (χ1) is 7.62. The smallest absolute Gasteiger partial charge is 0.167 e. The Morgan fingerprint density at radius 2 is 2.25 bits per heavy atom. The average Bonchev–Trinajstić information content (AvgIpc) is 2.70. The molecule has 1 aromatic heterocycles. The minimum atomic E-state index is -0.342. The number of aromatic nitrogens is 2. The highest BCUT2D eigenvalue weighted by Gasteiger charge is 2.15. The van der Waals surface area contributed by atoms with Gasteiger partial charge in [-0.3, -0.25) is 9.48 Å². The maximum atomic E-state index is 11.7. The van der Waals surface area contributed by atoms with Crippen molar-refractivity contribution >= 4 is 5.78 Å². The fraction of sp³-hybridized carbons (Fsp3) is 0.667. The van der Waals surface area contributed by atoms with Crippen LogP contribution in [0, 0.1) is 0 Å². The molecule has 0 radical (unpaired) electrons. The van der Waals surface area contributed by atoms with Gasteiger partial charge < -0.3 is 4.74 Å². The molecule has 1 atom stereocenters. The summed E-state index contributed by atoms with van der Waals surface area (Å²) < 4.78 is 6.90. The Kier molecular flexibility index (Phi) is 4.68. The minimum Gasteiger partial charge on any atom is -0.374 e. The van der Waals surface area contributed by atoms with E-state index in [1.807, 2.05) is 17.7 Å². The van der Waals surface area contributed by atoms with Crippen LogP contribution in [-0.4, -0.2) is 28.8 Å². The number of carbonyl (C=O) groups excluding carboxylic acids is 1. The van der Waals surface area contributed by atoms with Gasteiger partial charge in [0.15, 0.2) is 5.78 Å². The van der Waals surface area contributed by atoms with Crippen LogP contribution in [0.15, 0.2) is 6.07 Å². The first kappa shape index (κ1) is 12.9. The Morgan fingerprint density at radius 1 is 1.56 bits per heavy atom. The third-order valence-electron chi connectivity index (χ3n) is 2.74. The van der Waals surface area contributed by atoms with Gasteiger partial charge in [-0.25, -0.2) is 0 Å². The molecule has 16 heavy (non-hydrogen) atoms. The predicted octanol–water partition coefficient (Wildman–Crippen LogP) is 1.61. The third kappa shape index (κ3) is 2.92. The van der Waals surface area contributed by atoms with E-state index in [1.165, 1.54) is 0 Å². The summed E-state index contributed by atoms with van der Waals surface area (Å²) in [7, 11) is 1.55. The number of ether oxygens (including phenoxy) is 1. The highest BCUT2D eigenvalue weighted by atomic mass is 16.5. The summed E-state index contributed by atoms with van der Waals surface area (Å²) in [6.45, 7) is 6.66. The molecule has 0 bridgehead atoms. The van der Waals surface area contributed by atoms with Crippen LogP contribution in [0.5, 0.6) is 0 Å². The molecule has 1 heterocycles. The number of ketones is 1. The van der Waals surface area contributed by atoms with Crippen molar-refractivity contribution in [2.24, 2.45) is 0 Å². The Balaban J connectivity index is 2.79. The number of carbonyl (C=O) groups is 1. The van der Waals surface area contributed by atoms with E-state index in [9.17, 15) is 4.79 Å². The van der Waals surface area contributed by atoms with E-state index in [1.54, 1.807) is 14.0 Å². The second-order valence-corrected chi connectivity index (χ2v) is 3.82. The van der Waals surface area contributed by atoms with Crippen LogP contribution in [0.25, 0.3) is 0 Å². The van der Waals surface area contributed by atoms with Crippen LogP contribution in [0.2, 0.25) is 0 Å². The molecule has 0 amide bonds. The van der Waals surface area contributed by atoms with Gasteiger partial charge in [0.05, 0.1) is 12.1 Å². The van der Waals surface area contributed by atoms with Crippen LogP contribution >= 0.6 is 0 Å². The summed E-state index contributed by atoms with van der Waals surface area (Å²) in [5.41, 5.74) is 2.02. The molecule has 0 fully saturated rings. The Labute approximate surface area is 96.6 Å². The molecular formula is C12H20N2O2. The minimum absolute atomic E-state index is 0.0970. The molecule has 0 aromatic carbocycles. The van der Waals surface area contributed by atoms with Crippen LogP contribution in [0.3, 0.4) is 0 Å². The molecule has 1 unspecified atom stereocenters. The van der Waals surface area contributed by atoms with Crippen LogP contribution in [0.4, 0.5) is 0 Å². The van der Waals surface area contributed by atoms with Crippen molar-refractivity contribution in [3.63, 3.8) is 0 Å². The van der Waals surface area contributed by atoms with Crippen molar-refractivity contribution in [2.75, 3.05) is 7.11 Å².